The Bertz CT molecular complexity index is 964. The molecule has 1 aromatic carbocycles. The molecule has 2 atom stereocenters. The van der Waals surface area contributed by atoms with Gasteiger partial charge >= 0.3 is 0 Å². The van der Waals surface area contributed by atoms with Crippen LogP contribution in [0, 0.1) is 19.8 Å². The van der Waals surface area contributed by atoms with E-state index >= 15 is 0 Å². The first-order valence-corrected chi connectivity index (χ1v) is 10.7. The zero-order chi connectivity index (χ0) is 21.3. The minimum absolute atomic E-state index is 0.00461. The highest BCUT2D eigenvalue weighted by Gasteiger charge is 2.38. The molecule has 2 saturated heterocycles. The first kappa shape index (κ1) is 20.7. The Kier molecular flexibility index (Phi) is 5.95. The topological polar surface area (TPSA) is 62.7 Å². The van der Waals surface area contributed by atoms with Gasteiger partial charge in [-0.1, -0.05) is 17.7 Å². The lowest BCUT2D eigenvalue weighted by atomic mass is 10.0. The number of carbonyl (C=O) groups excluding carboxylic acids is 2. The summed E-state index contributed by atoms with van der Waals surface area (Å²) in [4.78, 5) is 33.3. The summed E-state index contributed by atoms with van der Waals surface area (Å²) >= 11 is 6.15. The van der Waals surface area contributed by atoms with E-state index in [9.17, 15) is 9.59 Å². The van der Waals surface area contributed by atoms with E-state index in [1.165, 1.54) is 5.56 Å². The van der Waals surface area contributed by atoms with E-state index in [1.54, 1.807) is 23.4 Å². The van der Waals surface area contributed by atoms with Crippen molar-refractivity contribution in [2.75, 3.05) is 24.5 Å². The molecule has 0 saturated carbocycles. The molecular weight excluding hydrogens is 402 g/mol. The quantitative estimate of drug-likeness (QED) is 0.745. The maximum atomic E-state index is 13.2. The number of aryl methyl sites for hydroxylation is 2. The number of ether oxygens (including phenoxy) is 1. The van der Waals surface area contributed by atoms with Crippen LogP contribution in [0.2, 0.25) is 5.02 Å². The van der Waals surface area contributed by atoms with Crippen molar-refractivity contribution in [2.45, 2.75) is 39.2 Å². The standard InChI is InChI=1S/C23H26ClN3O3/c1-15-5-6-18(10-16(15)2)27-13-17(11-22(27)28)23(29)26-9-3-4-19(14-26)30-21-7-8-25-12-20(21)24/h5-8,10,12,17,19H,3-4,9,11,13-14H2,1-2H3. The van der Waals surface area contributed by atoms with E-state index in [0.29, 0.717) is 30.4 Å². The average Bonchev–Trinajstić information content (AvgIpc) is 3.13. The predicted molar refractivity (Wildman–Crippen MR) is 116 cm³/mol. The van der Waals surface area contributed by atoms with Crippen LogP contribution in [0.25, 0.3) is 0 Å². The lowest BCUT2D eigenvalue weighted by molar-refractivity contribution is -0.138. The average molecular weight is 428 g/mol. The third-order valence-corrected chi connectivity index (χ3v) is 6.28. The summed E-state index contributed by atoms with van der Waals surface area (Å²) < 4.78 is 6.02. The van der Waals surface area contributed by atoms with Gasteiger partial charge in [0.2, 0.25) is 11.8 Å². The number of carbonyl (C=O) groups is 2. The number of piperidine rings is 1. The lowest BCUT2D eigenvalue weighted by Gasteiger charge is -2.34. The van der Waals surface area contributed by atoms with Crippen LogP contribution in [-0.2, 0) is 9.59 Å². The summed E-state index contributed by atoms with van der Waals surface area (Å²) in [5.41, 5.74) is 3.19. The Hall–Kier alpha value is -2.60. The van der Waals surface area contributed by atoms with Crippen molar-refractivity contribution in [1.82, 2.24) is 9.88 Å². The second-order valence-electron chi connectivity index (χ2n) is 8.15. The molecule has 30 heavy (non-hydrogen) atoms. The van der Waals surface area contributed by atoms with Gasteiger partial charge in [0, 0.05) is 43.7 Å². The van der Waals surface area contributed by atoms with Crippen molar-refractivity contribution < 1.29 is 14.3 Å². The van der Waals surface area contributed by atoms with Crippen LogP contribution in [-0.4, -0.2) is 47.4 Å². The molecule has 0 radical (unpaired) electrons. The largest absolute Gasteiger partial charge is 0.487 e. The first-order chi connectivity index (χ1) is 14.4. The van der Waals surface area contributed by atoms with Crippen molar-refractivity contribution in [3.05, 3.63) is 52.8 Å². The Balaban J connectivity index is 1.41. The second kappa shape index (κ2) is 8.64. The summed E-state index contributed by atoms with van der Waals surface area (Å²) in [6.45, 7) is 5.71. The Labute approximate surface area is 181 Å². The predicted octanol–water partition coefficient (Wildman–Crippen LogP) is 3.77. The van der Waals surface area contributed by atoms with Gasteiger partial charge in [-0.05, 0) is 49.9 Å². The van der Waals surface area contributed by atoms with Gasteiger partial charge in [0.15, 0.2) is 0 Å². The van der Waals surface area contributed by atoms with Crippen LogP contribution in [0.4, 0.5) is 5.69 Å². The Morgan fingerprint density at radius 3 is 2.80 bits per heavy atom. The molecule has 2 aliphatic heterocycles. The Morgan fingerprint density at radius 2 is 2.03 bits per heavy atom. The molecular formula is C23H26ClN3O3. The molecule has 0 aliphatic carbocycles. The number of aromatic nitrogens is 1. The summed E-state index contributed by atoms with van der Waals surface area (Å²) in [5, 5.41) is 0.464. The normalized spacial score (nSPS) is 21.8. The molecule has 0 spiro atoms. The third-order valence-electron chi connectivity index (χ3n) is 6.00. The van der Waals surface area contributed by atoms with E-state index in [0.717, 1.165) is 24.1 Å². The number of amides is 2. The van der Waals surface area contributed by atoms with Crippen molar-refractivity contribution in [3.8, 4) is 5.75 Å². The van der Waals surface area contributed by atoms with Gasteiger partial charge in [-0.25, -0.2) is 0 Å². The number of halogens is 1. The minimum atomic E-state index is -0.317. The molecule has 0 bridgehead atoms. The highest BCUT2D eigenvalue weighted by molar-refractivity contribution is 6.31. The van der Waals surface area contributed by atoms with Crippen molar-refractivity contribution in [1.29, 1.82) is 0 Å². The van der Waals surface area contributed by atoms with E-state index in [1.807, 2.05) is 36.9 Å². The molecule has 6 nitrogen and oxygen atoms in total. The van der Waals surface area contributed by atoms with Crippen LogP contribution >= 0.6 is 11.6 Å². The van der Waals surface area contributed by atoms with Gasteiger partial charge in [0.1, 0.15) is 16.9 Å². The molecule has 4 rings (SSSR count). The van der Waals surface area contributed by atoms with Gasteiger partial charge < -0.3 is 14.5 Å². The molecule has 3 heterocycles. The second-order valence-corrected chi connectivity index (χ2v) is 8.55. The monoisotopic (exact) mass is 427 g/mol. The Morgan fingerprint density at radius 1 is 1.20 bits per heavy atom. The number of nitrogens with zero attached hydrogens (tertiary/aromatic N) is 3. The van der Waals surface area contributed by atoms with E-state index < -0.39 is 0 Å². The van der Waals surface area contributed by atoms with Crippen LogP contribution in [0.15, 0.2) is 36.7 Å². The summed E-state index contributed by atoms with van der Waals surface area (Å²) in [6.07, 6.45) is 5.05. The van der Waals surface area contributed by atoms with Gasteiger partial charge in [0.25, 0.3) is 0 Å². The molecule has 2 amide bonds. The minimum Gasteiger partial charge on any atom is -0.487 e. The van der Waals surface area contributed by atoms with Crippen LogP contribution in [0.5, 0.6) is 5.75 Å². The molecule has 2 aromatic rings. The maximum Gasteiger partial charge on any atom is 0.228 e. The van der Waals surface area contributed by atoms with Crippen molar-refractivity contribution >= 4 is 29.1 Å². The van der Waals surface area contributed by atoms with Crippen LogP contribution in [0.3, 0.4) is 0 Å². The lowest BCUT2D eigenvalue weighted by Crippen LogP contribution is -2.47. The number of benzene rings is 1. The summed E-state index contributed by atoms with van der Waals surface area (Å²) in [6, 6.07) is 7.73. The number of pyridine rings is 1. The molecule has 2 aliphatic rings. The SMILES string of the molecule is Cc1ccc(N2CC(C(=O)N3CCCC(Oc4ccncc4Cl)C3)CC2=O)cc1C. The van der Waals surface area contributed by atoms with Gasteiger partial charge in [-0.3, -0.25) is 14.6 Å². The summed E-state index contributed by atoms with van der Waals surface area (Å²) in [5.74, 6) is 0.305. The number of likely N-dealkylation sites (tertiary alicyclic amines) is 1. The highest BCUT2D eigenvalue weighted by Crippen LogP contribution is 2.30. The molecule has 2 fully saturated rings. The van der Waals surface area contributed by atoms with Crippen LogP contribution < -0.4 is 9.64 Å². The number of rotatable bonds is 4. The van der Waals surface area contributed by atoms with Gasteiger partial charge in [-0.2, -0.15) is 0 Å². The fraction of sp³-hybridized carbons (Fsp3) is 0.435. The maximum absolute atomic E-state index is 13.2. The molecule has 7 heteroatoms. The smallest absolute Gasteiger partial charge is 0.228 e. The zero-order valence-corrected chi connectivity index (χ0v) is 18.1. The van der Waals surface area contributed by atoms with E-state index in [2.05, 4.69) is 4.98 Å². The first-order valence-electron chi connectivity index (χ1n) is 10.3. The van der Waals surface area contributed by atoms with E-state index in [-0.39, 0.29) is 30.3 Å². The zero-order valence-electron chi connectivity index (χ0n) is 17.3. The highest BCUT2D eigenvalue weighted by atomic mass is 35.5. The summed E-state index contributed by atoms with van der Waals surface area (Å²) in [7, 11) is 0. The van der Waals surface area contributed by atoms with E-state index in [4.69, 9.17) is 16.3 Å². The fourth-order valence-corrected chi connectivity index (χ4v) is 4.31. The fourth-order valence-electron chi connectivity index (χ4n) is 4.15. The number of hydrogen-bond acceptors (Lipinski definition) is 4. The number of hydrogen-bond donors (Lipinski definition) is 0. The van der Waals surface area contributed by atoms with Gasteiger partial charge in [0.05, 0.1) is 12.5 Å². The molecule has 2 unspecified atom stereocenters. The number of anilines is 1. The molecule has 1 aromatic heterocycles. The third kappa shape index (κ3) is 4.29. The molecule has 158 valence electrons. The van der Waals surface area contributed by atoms with Crippen LogP contribution in [0.1, 0.15) is 30.4 Å². The molecule has 0 N–H and O–H groups in total. The van der Waals surface area contributed by atoms with Crippen molar-refractivity contribution in [3.63, 3.8) is 0 Å². The van der Waals surface area contributed by atoms with Gasteiger partial charge in [-0.15, -0.1) is 0 Å². The van der Waals surface area contributed by atoms with Crippen molar-refractivity contribution in [2.24, 2.45) is 5.92 Å².